The summed E-state index contributed by atoms with van der Waals surface area (Å²) in [7, 11) is 0. The summed E-state index contributed by atoms with van der Waals surface area (Å²) in [5, 5.41) is 1.49. The molecule has 0 amide bonds. The van der Waals surface area contributed by atoms with Gasteiger partial charge in [0, 0.05) is 5.38 Å². The maximum atomic E-state index is 11.8. The molecule has 4 nitrogen and oxygen atoms in total. The third-order valence-electron chi connectivity index (χ3n) is 1.67. The molecule has 0 N–H and O–H groups in total. The minimum absolute atomic E-state index is 0.268. The Balaban J connectivity index is 2.64. The van der Waals surface area contributed by atoms with E-state index >= 15 is 0 Å². The average Bonchev–Trinajstić information content (AvgIpc) is 2.67. The molecule has 0 saturated heterocycles. The van der Waals surface area contributed by atoms with Crippen molar-refractivity contribution in [3.63, 3.8) is 0 Å². The van der Waals surface area contributed by atoms with E-state index in [1.165, 1.54) is 29.2 Å². The predicted molar refractivity (Wildman–Crippen MR) is 47.7 cm³/mol. The van der Waals surface area contributed by atoms with Gasteiger partial charge in [-0.25, -0.2) is 9.78 Å². The van der Waals surface area contributed by atoms with Crippen molar-refractivity contribution in [1.29, 1.82) is 0 Å². The van der Waals surface area contributed by atoms with Gasteiger partial charge in [0.25, 0.3) is 0 Å². The lowest BCUT2D eigenvalue weighted by Gasteiger charge is -2.09. The normalized spacial score (nSPS) is 13.2. The van der Waals surface area contributed by atoms with Crippen molar-refractivity contribution in [3.05, 3.63) is 16.6 Å². The van der Waals surface area contributed by atoms with Gasteiger partial charge in [-0.3, -0.25) is 4.79 Å². The molecule has 0 aliphatic rings. The molecule has 16 heavy (non-hydrogen) atoms. The first kappa shape index (κ1) is 12.6. The molecule has 0 aliphatic heterocycles. The Morgan fingerprint density at radius 1 is 1.50 bits per heavy atom. The van der Waals surface area contributed by atoms with Crippen LogP contribution in [0.15, 0.2) is 10.9 Å². The van der Waals surface area contributed by atoms with E-state index < -0.39 is 24.0 Å². The van der Waals surface area contributed by atoms with Crippen LogP contribution in [-0.2, 0) is 14.3 Å². The molecule has 0 bridgehead atoms. The van der Waals surface area contributed by atoms with Gasteiger partial charge in [0.05, 0.1) is 17.1 Å². The molecule has 0 spiro atoms. The van der Waals surface area contributed by atoms with E-state index in [4.69, 9.17) is 0 Å². The zero-order valence-electron chi connectivity index (χ0n) is 7.95. The van der Waals surface area contributed by atoms with Gasteiger partial charge in [-0.2, -0.15) is 13.2 Å². The first-order valence-corrected chi connectivity index (χ1v) is 4.97. The lowest BCUT2D eigenvalue weighted by Crippen LogP contribution is -2.29. The van der Waals surface area contributed by atoms with Crippen LogP contribution in [0.1, 0.15) is 18.5 Å². The second-order valence-electron chi connectivity index (χ2n) is 2.84. The minimum atomic E-state index is -5.17. The second-order valence-corrected chi connectivity index (χ2v) is 3.56. The highest BCUT2D eigenvalue weighted by molar-refractivity contribution is 7.07. The molecular weight excluding hydrogens is 247 g/mol. The molecule has 0 radical (unpaired) electrons. The summed E-state index contributed by atoms with van der Waals surface area (Å²) in [5.41, 5.74) is 1.69. The molecule has 1 heterocycles. The molecule has 1 aromatic heterocycles. The number of nitrogens with zero attached hydrogens (tertiary/aromatic N) is 1. The smallest absolute Gasteiger partial charge is 0.386 e. The van der Waals surface area contributed by atoms with Crippen LogP contribution in [0.25, 0.3) is 0 Å². The number of hydrogen-bond donors (Lipinski definition) is 0. The SMILES string of the molecule is CC(C(=O)OC(=O)C(F)(F)F)c1cscn1. The highest BCUT2D eigenvalue weighted by Gasteiger charge is 2.43. The summed E-state index contributed by atoms with van der Waals surface area (Å²) >= 11 is 1.18. The molecule has 88 valence electrons. The van der Waals surface area contributed by atoms with Crippen LogP contribution in [0.3, 0.4) is 0 Å². The maximum Gasteiger partial charge on any atom is 0.491 e. The lowest BCUT2D eigenvalue weighted by molar-refractivity contribution is -0.202. The number of halogens is 3. The van der Waals surface area contributed by atoms with Crippen LogP contribution >= 0.6 is 11.3 Å². The maximum absolute atomic E-state index is 11.8. The number of alkyl halides is 3. The second kappa shape index (κ2) is 4.60. The van der Waals surface area contributed by atoms with E-state index in [0.717, 1.165) is 0 Å². The third-order valence-corrected chi connectivity index (χ3v) is 2.28. The van der Waals surface area contributed by atoms with E-state index in [2.05, 4.69) is 9.72 Å². The van der Waals surface area contributed by atoms with E-state index in [9.17, 15) is 22.8 Å². The Morgan fingerprint density at radius 2 is 2.12 bits per heavy atom. The number of aromatic nitrogens is 1. The van der Waals surface area contributed by atoms with Gasteiger partial charge in [0.2, 0.25) is 0 Å². The van der Waals surface area contributed by atoms with Crippen LogP contribution in [-0.4, -0.2) is 23.1 Å². The summed E-state index contributed by atoms with van der Waals surface area (Å²) in [6.45, 7) is 1.31. The van der Waals surface area contributed by atoms with Crippen molar-refractivity contribution >= 4 is 23.3 Å². The van der Waals surface area contributed by atoms with Crippen molar-refractivity contribution in [1.82, 2.24) is 4.98 Å². The Bertz CT molecular complexity index is 388. The van der Waals surface area contributed by atoms with E-state index in [1.807, 2.05) is 0 Å². The van der Waals surface area contributed by atoms with Crippen molar-refractivity contribution in [2.45, 2.75) is 19.0 Å². The van der Waals surface area contributed by atoms with Crippen LogP contribution in [0.4, 0.5) is 13.2 Å². The summed E-state index contributed by atoms with van der Waals surface area (Å²) in [4.78, 5) is 25.2. The van der Waals surface area contributed by atoms with Crippen LogP contribution in [0, 0.1) is 0 Å². The van der Waals surface area contributed by atoms with Crippen LogP contribution < -0.4 is 0 Å². The van der Waals surface area contributed by atoms with Gasteiger partial charge in [-0.05, 0) is 6.92 Å². The highest BCUT2D eigenvalue weighted by atomic mass is 32.1. The fourth-order valence-electron chi connectivity index (χ4n) is 0.794. The average molecular weight is 253 g/mol. The number of thiazole rings is 1. The summed E-state index contributed by atoms with van der Waals surface area (Å²) < 4.78 is 39.0. The van der Waals surface area contributed by atoms with E-state index in [-0.39, 0.29) is 5.69 Å². The Kier molecular flexibility index (Phi) is 3.63. The molecule has 0 aromatic carbocycles. The minimum Gasteiger partial charge on any atom is -0.386 e. The quantitative estimate of drug-likeness (QED) is 0.596. The summed E-state index contributed by atoms with van der Waals surface area (Å²) in [6, 6.07) is 0. The number of carbonyl (C=O) groups excluding carboxylic acids is 2. The van der Waals surface area contributed by atoms with Gasteiger partial charge < -0.3 is 4.74 Å². The van der Waals surface area contributed by atoms with Gasteiger partial charge >= 0.3 is 18.1 Å². The van der Waals surface area contributed by atoms with Gasteiger partial charge in [-0.15, -0.1) is 11.3 Å². The lowest BCUT2D eigenvalue weighted by atomic mass is 10.1. The zero-order chi connectivity index (χ0) is 12.3. The standard InChI is InChI=1S/C8H6F3NO3S/c1-4(5-2-16-3-12-5)6(13)15-7(14)8(9,10)11/h2-4H,1H3. The molecule has 8 heteroatoms. The zero-order valence-corrected chi connectivity index (χ0v) is 8.76. The fraction of sp³-hybridized carbons (Fsp3) is 0.375. The topological polar surface area (TPSA) is 56.3 Å². The van der Waals surface area contributed by atoms with Crippen molar-refractivity contribution in [2.24, 2.45) is 0 Å². The number of carbonyl (C=O) groups is 2. The van der Waals surface area contributed by atoms with Crippen molar-refractivity contribution in [2.75, 3.05) is 0 Å². The van der Waals surface area contributed by atoms with Gasteiger partial charge in [0.1, 0.15) is 0 Å². The van der Waals surface area contributed by atoms with E-state index in [0.29, 0.717) is 0 Å². The highest BCUT2D eigenvalue weighted by Crippen LogP contribution is 2.20. The third kappa shape index (κ3) is 3.02. The van der Waals surface area contributed by atoms with Crippen molar-refractivity contribution < 1.29 is 27.5 Å². The Hall–Kier alpha value is -1.44. The van der Waals surface area contributed by atoms with Crippen LogP contribution in [0.2, 0.25) is 0 Å². The number of rotatable bonds is 2. The van der Waals surface area contributed by atoms with Gasteiger partial charge in [0.15, 0.2) is 0 Å². The van der Waals surface area contributed by atoms with Crippen LogP contribution in [0.5, 0.6) is 0 Å². The monoisotopic (exact) mass is 253 g/mol. The molecule has 1 rings (SSSR count). The van der Waals surface area contributed by atoms with Crippen molar-refractivity contribution in [3.8, 4) is 0 Å². The Labute approximate surface area is 92.0 Å². The molecule has 1 atom stereocenters. The first-order chi connectivity index (χ1) is 7.32. The molecule has 0 fully saturated rings. The van der Waals surface area contributed by atoms with E-state index in [1.54, 1.807) is 0 Å². The van der Waals surface area contributed by atoms with Gasteiger partial charge in [-0.1, -0.05) is 0 Å². The molecule has 0 saturated carbocycles. The summed E-state index contributed by atoms with van der Waals surface area (Å²) in [6.07, 6.45) is -5.17. The molecule has 1 unspecified atom stereocenters. The molecule has 0 aliphatic carbocycles. The fourth-order valence-corrected chi connectivity index (χ4v) is 1.44. The first-order valence-electron chi connectivity index (χ1n) is 4.03. The predicted octanol–water partition coefficient (Wildman–Crippen LogP) is 1.88. The largest absolute Gasteiger partial charge is 0.491 e. The summed E-state index contributed by atoms with van der Waals surface area (Å²) in [5.74, 6) is -4.79. The Morgan fingerprint density at radius 3 is 2.56 bits per heavy atom. The number of hydrogen-bond acceptors (Lipinski definition) is 5. The molecule has 1 aromatic rings. The number of ether oxygens (including phenoxy) is 1. The molecular formula is C8H6F3NO3S. The number of esters is 2.